The van der Waals surface area contributed by atoms with Crippen LogP contribution in [0.15, 0.2) is 30.7 Å². The maximum absolute atomic E-state index is 14.0. The second-order valence-electron chi connectivity index (χ2n) is 12.6. The number of ether oxygens (including phenoxy) is 3. The van der Waals surface area contributed by atoms with Crippen LogP contribution in [0.1, 0.15) is 70.6 Å². The standard InChI is InChI=1S/C31H42N4O5/c1-18-12-13-22-24(14-18)34-28-23(33-22)11-9-7-8-10-20-15-26(20)39-19(2)32-27(31(3,4)5)29(36)35-17-21(40-28)16-25(35)30(37)38-6/h12-14,20-21,25-27,32H,2,7-11,15-17H2,1,3-6H3/t20-,21?,25+,26-,27-/m1/s1. The first-order valence-electron chi connectivity index (χ1n) is 14.5. The minimum absolute atomic E-state index is 0.128. The molecular formula is C31H42N4O5. The summed E-state index contributed by atoms with van der Waals surface area (Å²) in [7, 11) is 1.34. The van der Waals surface area contributed by atoms with E-state index < -0.39 is 29.6 Å². The number of nitrogens with zero attached hydrogens (tertiary/aromatic N) is 3. The molecule has 216 valence electrons. The predicted molar refractivity (Wildman–Crippen MR) is 151 cm³/mol. The van der Waals surface area contributed by atoms with Crippen molar-refractivity contribution >= 4 is 22.9 Å². The van der Waals surface area contributed by atoms with Crippen LogP contribution < -0.4 is 10.1 Å². The fourth-order valence-electron chi connectivity index (χ4n) is 5.82. The molecule has 1 amide bonds. The Hall–Kier alpha value is -3.36. The van der Waals surface area contributed by atoms with E-state index in [1.165, 1.54) is 7.11 Å². The number of methoxy groups -OCH3 is 1. The molecule has 9 nitrogen and oxygen atoms in total. The van der Waals surface area contributed by atoms with Gasteiger partial charge in [-0.1, -0.05) is 39.7 Å². The number of aromatic nitrogens is 2. The maximum Gasteiger partial charge on any atom is 0.328 e. The number of fused-ring (bicyclic) bond motifs is 5. The third kappa shape index (κ3) is 6.18. The Bertz CT molecular complexity index is 1290. The topological polar surface area (TPSA) is 103 Å². The van der Waals surface area contributed by atoms with E-state index in [2.05, 4.69) is 11.9 Å². The Balaban J connectivity index is 1.49. The van der Waals surface area contributed by atoms with Crippen LogP contribution in [-0.2, 0) is 25.5 Å². The van der Waals surface area contributed by atoms with Gasteiger partial charge in [-0.05, 0) is 68.2 Å². The predicted octanol–water partition coefficient (Wildman–Crippen LogP) is 4.46. The molecule has 1 aromatic heterocycles. The number of rotatable bonds is 1. The van der Waals surface area contributed by atoms with Gasteiger partial charge < -0.3 is 24.4 Å². The van der Waals surface area contributed by atoms with Crippen LogP contribution in [-0.4, -0.2) is 64.7 Å². The van der Waals surface area contributed by atoms with Gasteiger partial charge in [-0.15, -0.1) is 0 Å². The molecule has 1 saturated carbocycles. The highest BCUT2D eigenvalue weighted by atomic mass is 16.5. The molecule has 2 bridgehead atoms. The molecule has 40 heavy (non-hydrogen) atoms. The van der Waals surface area contributed by atoms with Crippen LogP contribution in [0.2, 0.25) is 0 Å². The van der Waals surface area contributed by atoms with Gasteiger partial charge in [0, 0.05) is 6.42 Å². The third-order valence-electron chi connectivity index (χ3n) is 8.21. The minimum Gasteiger partial charge on any atom is -0.476 e. The highest BCUT2D eigenvalue weighted by Crippen LogP contribution is 2.39. The summed E-state index contributed by atoms with van der Waals surface area (Å²) in [6.07, 6.45) is 6.02. The van der Waals surface area contributed by atoms with Crippen molar-refractivity contribution < 1.29 is 23.8 Å². The normalized spacial score (nSPS) is 27.8. The molecule has 2 aromatic rings. The summed E-state index contributed by atoms with van der Waals surface area (Å²) in [6.45, 7) is 12.3. The summed E-state index contributed by atoms with van der Waals surface area (Å²) in [4.78, 5) is 38.3. The zero-order chi connectivity index (χ0) is 28.6. The first-order chi connectivity index (χ1) is 19.0. The Labute approximate surface area is 236 Å². The number of nitrogens with one attached hydrogen (secondary N) is 1. The van der Waals surface area contributed by atoms with E-state index in [0.29, 0.717) is 24.1 Å². The molecule has 1 unspecified atom stereocenters. The number of carbonyl (C=O) groups excluding carboxylic acids is 2. The highest BCUT2D eigenvalue weighted by molar-refractivity contribution is 5.89. The van der Waals surface area contributed by atoms with Gasteiger partial charge in [-0.2, -0.15) is 0 Å². The molecular weight excluding hydrogens is 508 g/mol. The molecule has 2 aliphatic heterocycles. The maximum atomic E-state index is 14.0. The zero-order valence-corrected chi connectivity index (χ0v) is 24.4. The van der Waals surface area contributed by atoms with Gasteiger partial charge in [-0.25, -0.2) is 14.8 Å². The van der Waals surface area contributed by atoms with Crippen molar-refractivity contribution in [2.45, 2.75) is 96.9 Å². The van der Waals surface area contributed by atoms with Crippen molar-refractivity contribution in [2.24, 2.45) is 11.3 Å². The van der Waals surface area contributed by atoms with Gasteiger partial charge in [0.1, 0.15) is 30.0 Å². The van der Waals surface area contributed by atoms with Crippen LogP contribution in [0, 0.1) is 18.3 Å². The third-order valence-corrected chi connectivity index (χ3v) is 8.21. The van der Waals surface area contributed by atoms with E-state index in [1.54, 1.807) is 4.90 Å². The number of amides is 1. The Morgan fingerprint density at radius 3 is 2.67 bits per heavy atom. The molecule has 3 heterocycles. The van der Waals surface area contributed by atoms with Crippen molar-refractivity contribution in [1.29, 1.82) is 0 Å². The lowest BCUT2D eigenvalue weighted by Crippen LogP contribution is -2.55. The number of benzene rings is 1. The lowest BCUT2D eigenvalue weighted by atomic mass is 9.85. The van der Waals surface area contributed by atoms with E-state index in [1.807, 2.05) is 45.9 Å². The van der Waals surface area contributed by atoms with Gasteiger partial charge in [0.25, 0.3) is 0 Å². The number of aryl methyl sites for hydroxylation is 2. The zero-order valence-electron chi connectivity index (χ0n) is 24.4. The fraction of sp³-hybridized carbons (Fsp3) is 0.613. The smallest absolute Gasteiger partial charge is 0.328 e. The Kier molecular flexibility index (Phi) is 7.93. The van der Waals surface area contributed by atoms with Crippen molar-refractivity contribution in [3.8, 4) is 5.88 Å². The van der Waals surface area contributed by atoms with E-state index in [9.17, 15) is 9.59 Å². The van der Waals surface area contributed by atoms with Crippen molar-refractivity contribution in [2.75, 3.05) is 13.7 Å². The van der Waals surface area contributed by atoms with E-state index >= 15 is 0 Å². The number of esters is 1. The van der Waals surface area contributed by atoms with Crippen LogP contribution in [0.5, 0.6) is 5.88 Å². The minimum atomic E-state index is -0.766. The first kappa shape index (κ1) is 28.2. The van der Waals surface area contributed by atoms with Crippen LogP contribution in [0.25, 0.3) is 11.0 Å². The second kappa shape index (κ2) is 11.3. The summed E-state index contributed by atoms with van der Waals surface area (Å²) in [5, 5.41) is 3.25. The summed E-state index contributed by atoms with van der Waals surface area (Å²) < 4.78 is 17.7. The van der Waals surface area contributed by atoms with Crippen LogP contribution >= 0.6 is 0 Å². The summed E-state index contributed by atoms with van der Waals surface area (Å²) >= 11 is 0. The summed E-state index contributed by atoms with van der Waals surface area (Å²) in [5.74, 6) is 0.709. The fourth-order valence-corrected chi connectivity index (χ4v) is 5.82. The molecule has 5 atom stereocenters. The monoisotopic (exact) mass is 550 g/mol. The molecule has 0 radical (unpaired) electrons. The van der Waals surface area contributed by atoms with Gasteiger partial charge in [0.2, 0.25) is 11.8 Å². The average molecular weight is 551 g/mol. The molecule has 3 aliphatic rings. The lowest BCUT2D eigenvalue weighted by Gasteiger charge is -2.35. The quantitative estimate of drug-likeness (QED) is 0.520. The summed E-state index contributed by atoms with van der Waals surface area (Å²) in [5.41, 5.74) is 3.04. The molecule has 2 fully saturated rings. The first-order valence-corrected chi connectivity index (χ1v) is 14.5. The molecule has 5 rings (SSSR count). The summed E-state index contributed by atoms with van der Waals surface area (Å²) in [6, 6.07) is 4.61. The average Bonchev–Trinajstić information content (AvgIpc) is 3.49. The van der Waals surface area contributed by atoms with Crippen molar-refractivity contribution in [1.82, 2.24) is 20.2 Å². The SMILES string of the molecule is C=C1N[C@@H](C(C)(C)C)C(=O)N2CC(C[C@H]2C(=O)OC)Oc2nc3cc(C)ccc3nc2CCCCC[C@@H]2C[C@H]2O1. The van der Waals surface area contributed by atoms with Crippen LogP contribution in [0.4, 0.5) is 0 Å². The van der Waals surface area contributed by atoms with Gasteiger partial charge in [0.05, 0.1) is 24.7 Å². The van der Waals surface area contributed by atoms with Crippen molar-refractivity contribution in [3.63, 3.8) is 0 Å². The molecule has 0 spiro atoms. The van der Waals surface area contributed by atoms with E-state index in [-0.39, 0.29) is 18.6 Å². The largest absolute Gasteiger partial charge is 0.476 e. The number of carbonyl (C=O) groups is 2. The van der Waals surface area contributed by atoms with Gasteiger partial charge in [-0.3, -0.25) is 4.79 Å². The molecule has 1 aliphatic carbocycles. The lowest BCUT2D eigenvalue weighted by molar-refractivity contribution is -0.152. The highest BCUT2D eigenvalue weighted by Gasteiger charge is 2.47. The molecule has 1 N–H and O–H groups in total. The van der Waals surface area contributed by atoms with Gasteiger partial charge >= 0.3 is 5.97 Å². The van der Waals surface area contributed by atoms with E-state index in [0.717, 1.165) is 60.8 Å². The van der Waals surface area contributed by atoms with Gasteiger partial charge in [0.15, 0.2) is 5.88 Å². The van der Waals surface area contributed by atoms with E-state index in [4.69, 9.17) is 24.2 Å². The Morgan fingerprint density at radius 2 is 1.93 bits per heavy atom. The molecule has 9 heteroatoms. The second-order valence-corrected chi connectivity index (χ2v) is 12.6. The molecule has 1 aromatic carbocycles. The van der Waals surface area contributed by atoms with Crippen LogP contribution in [0.3, 0.4) is 0 Å². The Morgan fingerprint density at radius 1 is 1.12 bits per heavy atom. The molecule has 1 saturated heterocycles. The van der Waals surface area contributed by atoms with Crippen molar-refractivity contribution in [3.05, 3.63) is 41.9 Å². The number of hydrogen-bond donors (Lipinski definition) is 1. The number of hydrogen-bond acceptors (Lipinski definition) is 8.